The van der Waals surface area contributed by atoms with E-state index in [-0.39, 0.29) is 5.91 Å². The van der Waals surface area contributed by atoms with Gasteiger partial charge in [-0.25, -0.2) is 4.98 Å². The van der Waals surface area contributed by atoms with Gasteiger partial charge < -0.3 is 21.8 Å². The highest BCUT2D eigenvalue weighted by Crippen LogP contribution is 2.15. The Morgan fingerprint density at radius 3 is 2.84 bits per heavy atom. The van der Waals surface area contributed by atoms with Crippen molar-refractivity contribution in [2.75, 3.05) is 18.0 Å². The largest absolute Gasteiger partial charge is 0.397 e. The predicted molar refractivity (Wildman–Crippen MR) is 74.5 cm³/mol. The maximum absolute atomic E-state index is 11.8. The first-order valence-electron chi connectivity index (χ1n) is 6.08. The normalized spacial score (nSPS) is 10.3. The highest BCUT2D eigenvalue weighted by Gasteiger charge is 2.06. The Balaban J connectivity index is 1.79. The fraction of sp³-hybridized carbons (Fsp3) is 0.231. The number of hydrogen-bond acceptors (Lipinski definition) is 4. The van der Waals surface area contributed by atoms with Crippen LogP contribution in [-0.2, 0) is 6.42 Å². The quantitative estimate of drug-likeness (QED) is 0.473. The number of aromatic amines is 1. The van der Waals surface area contributed by atoms with Gasteiger partial charge in [0.1, 0.15) is 5.82 Å². The van der Waals surface area contributed by atoms with Gasteiger partial charge in [0, 0.05) is 30.9 Å². The third-order valence-corrected chi connectivity index (χ3v) is 2.78. The molecule has 0 fully saturated rings. The smallest absolute Gasteiger partial charge is 0.251 e. The molecule has 1 aromatic carbocycles. The number of amides is 1. The van der Waals surface area contributed by atoms with Crippen LogP contribution in [0.5, 0.6) is 0 Å². The zero-order valence-electron chi connectivity index (χ0n) is 10.5. The Labute approximate surface area is 111 Å². The van der Waals surface area contributed by atoms with Gasteiger partial charge in [0.25, 0.3) is 5.91 Å². The average Bonchev–Trinajstić information content (AvgIpc) is 2.91. The molecule has 2 rings (SSSR count). The molecule has 2 aromatic rings. The summed E-state index contributed by atoms with van der Waals surface area (Å²) in [5.74, 6) is 0.775. The minimum atomic E-state index is -0.147. The van der Waals surface area contributed by atoms with Crippen LogP contribution in [-0.4, -0.2) is 22.4 Å². The van der Waals surface area contributed by atoms with Crippen molar-refractivity contribution >= 4 is 17.3 Å². The van der Waals surface area contributed by atoms with Gasteiger partial charge in [0.15, 0.2) is 0 Å². The van der Waals surface area contributed by atoms with Crippen LogP contribution in [0.2, 0.25) is 0 Å². The molecule has 0 saturated heterocycles. The summed E-state index contributed by atoms with van der Waals surface area (Å²) in [7, 11) is 0. The Morgan fingerprint density at radius 1 is 1.32 bits per heavy atom. The number of H-pyrrole nitrogens is 1. The molecule has 0 atom stereocenters. The number of imidazole rings is 1. The first kappa shape index (κ1) is 12.9. The van der Waals surface area contributed by atoms with Gasteiger partial charge >= 0.3 is 0 Å². The first-order chi connectivity index (χ1) is 9.16. The van der Waals surface area contributed by atoms with Gasteiger partial charge in [-0.3, -0.25) is 4.79 Å². The number of aryl methyl sites for hydroxylation is 1. The monoisotopic (exact) mass is 259 g/mol. The molecule has 0 radical (unpaired) electrons. The molecule has 0 saturated carbocycles. The molecule has 0 aliphatic rings. The summed E-state index contributed by atoms with van der Waals surface area (Å²) in [5, 5.41) is 2.83. The lowest BCUT2D eigenvalue weighted by molar-refractivity contribution is 0.0953. The van der Waals surface area contributed by atoms with Gasteiger partial charge in [-0.1, -0.05) is 0 Å². The van der Waals surface area contributed by atoms with E-state index in [0.717, 1.165) is 18.7 Å². The molecule has 6 N–H and O–H groups in total. The predicted octanol–water partition coefficient (Wildman–Crippen LogP) is 0.937. The van der Waals surface area contributed by atoms with Gasteiger partial charge in [0.2, 0.25) is 0 Å². The van der Waals surface area contributed by atoms with Crippen molar-refractivity contribution in [1.29, 1.82) is 0 Å². The van der Waals surface area contributed by atoms with E-state index < -0.39 is 0 Å². The molecule has 0 spiro atoms. The topological polar surface area (TPSA) is 110 Å². The highest BCUT2D eigenvalue weighted by molar-refractivity contribution is 5.95. The number of rotatable bonds is 5. The molecule has 0 bridgehead atoms. The molecule has 1 amide bonds. The zero-order chi connectivity index (χ0) is 13.7. The molecular weight excluding hydrogens is 242 g/mol. The van der Waals surface area contributed by atoms with Gasteiger partial charge in [-0.15, -0.1) is 0 Å². The Kier molecular flexibility index (Phi) is 4.02. The average molecular weight is 259 g/mol. The molecule has 1 heterocycles. The van der Waals surface area contributed by atoms with Crippen LogP contribution < -0.4 is 16.8 Å². The van der Waals surface area contributed by atoms with Crippen LogP contribution in [0, 0.1) is 0 Å². The minimum absolute atomic E-state index is 0.147. The van der Waals surface area contributed by atoms with E-state index in [1.807, 2.05) is 0 Å². The van der Waals surface area contributed by atoms with E-state index in [1.165, 1.54) is 0 Å². The standard InChI is InChI=1S/C13H17N5O/c14-10-4-3-9(8-11(10)15)13(19)18-5-1-2-12-16-6-7-17-12/h3-4,6-8H,1-2,5,14-15H2,(H,16,17)(H,18,19). The molecule has 6 heteroatoms. The number of carbonyl (C=O) groups is 1. The molecular formula is C13H17N5O. The van der Waals surface area contributed by atoms with Crippen LogP contribution in [0.4, 0.5) is 11.4 Å². The van der Waals surface area contributed by atoms with Crippen LogP contribution in [0.3, 0.4) is 0 Å². The lowest BCUT2D eigenvalue weighted by atomic mass is 10.1. The van der Waals surface area contributed by atoms with Crippen LogP contribution >= 0.6 is 0 Å². The maximum atomic E-state index is 11.8. The second-order valence-electron chi connectivity index (χ2n) is 4.24. The maximum Gasteiger partial charge on any atom is 0.251 e. The SMILES string of the molecule is Nc1ccc(C(=O)NCCCc2ncc[nH]2)cc1N. The lowest BCUT2D eigenvalue weighted by Crippen LogP contribution is -2.25. The number of nitrogens with zero attached hydrogens (tertiary/aromatic N) is 1. The fourth-order valence-electron chi connectivity index (χ4n) is 1.71. The number of carbonyl (C=O) groups excluding carboxylic acids is 1. The molecule has 0 aliphatic heterocycles. The molecule has 1 aromatic heterocycles. The van der Waals surface area contributed by atoms with Gasteiger partial charge in [0.05, 0.1) is 11.4 Å². The summed E-state index contributed by atoms with van der Waals surface area (Å²) in [4.78, 5) is 19.0. The van der Waals surface area contributed by atoms with E-state index in [0.29, 0.717) is 23.5 Å². The minimum Gasteiger partial charge on any atom is -0.397 e. The van der Waals surface area contributed by atoms with Crippen LogP contribution in [0.1, 0.15) is 22.6 Å². The number of nitrogens with two attached hydrogens (primary N) is 2. The summed E-state index contributed by atoms with van der Waals surface area (Å²) in [6.45, 7) is 0.587. The van der Waals surface area contributed by atoms with E-state index in [4.69, 9.17) is 11.5 Å². The van der Waals surface area contributed by atoms with E-state index in [2.05, 4.69) is 15.3 Å². The van der Waals surface area contributed by atoms with Crippen molar-refractivity contribution in [1.82, 2.24) is 15.3 Å². The number of anilines is 2. The number of benzene rings is 1. The zero-order valence-corrected chi connectivity index (χ0v) is 10.5. The van der Waals surface area contributed by atoms with E-state index in [9.17, 15) is 4.79 Å². The molecule has 100 valence electrons. The Bertz CT molecular complexity index is 550. The highest BCUT2D eigenvalue weighted by atomic mass is 16.1. The second kappa shape index (κ2) is 5.90. The van der Waals surface area contributed by atoms with Crippen LogP contribution in [0.25, 0.3) is 0 Å². The van der Waals surface area contributed by atoms with Crippen molar-refractivity contribution in [3.8, 4) is 0 Å². The number of hydrogen-bond donors (Lipinski definition) is 4. The van der Waals surface area contributed by atoms with E-state index in [1.54, 1.807) is 30.6 Å². The summed E-state index contributed by atoms with van der Waals surface area (Å²) in [6.07, 6.45) is 5.12. The Morgan fingerprint density at radius 2 is 2.16 bits per heavy atom. The molecule has 6 nitrogen and oxygen atoms in total. The van der Waals surface area contributed by atoms with Crippen molar-refractivity contribution in [2.24, 2.45) is 0 Å². The second-order valence-corrected chi connectivity index (χ2v) is 4.24. The van der Waals surface area contributed by atoms with E-state index >= 15 is 0 Å². The number of nitrogens with one attached hydrogen (secondary N) is 2. The first-order valence-corrected chi connectivity index (χ1v) is 6.08. The fourth-order valence-corrected chi connectivity index (χ4v) is 1.71. The van der Waals surface area contributed by atoms with Crippen molar-refractivity contribution in [3.05, 3.63) is 42.0 Å². The molecule has 19 heavy (non-hydrogen) atoms. The lowest BCUT2D eigenvalue weighted by Gasteiger charge is -2.06. The van der Waals surface area contributed by atoms with Gasteiger partial charge in [-0.05, 0) is 24.6 Å². The molecule has 0 unspecified atom stereocenters. The third kappa shape index (κ3) is 3.48. The third-order valence-electron chi connectivity index (χ3n) is 2.78. The van der Waals surface area contributed by atoms with Gasteiger partial charge in [-0.2, -0.15) is 0 Å². The Hall–Kier alpha value is -2.50. The van der Waals surface area contributed by atoms with Crippen LogP contribution in [0.15, 0.2) is 30.6 Å². The number of nitrogen functional groups attached to an aromatic ring is 2. The number of aromatic nitrogens is 2. The summed E-state index contributed by atoms with van der Waals surface area (Å²) in [5.41, 5.74) is 12.7. The molecule has 0 aliphatic carbocycles. The van der Waals surface area contributed by atoms with Crippen molar-refractivity contribution in [3.63, 3.8) is 0 Å². The summed E-state index contributed by atoms with van der Waals surface area (Å²) >= 11 is 0. The summed E-state index contributed by atoms with van der Waals surface area (Å²) < 4.78 is 0. The van der Waals surface area contributed by atoms with Crippen molar-refractivity contribution in [2.45, 2.75) is 12.8 Å². The van der Waals surface area contributed by atoms with Crippen molar-refractivity contribution < 1.29 is 4.79 Å². The summed E-state index contributed by atoms with van der Waals surface area (Å²) in [6, 6.07) is 4.87.